The summed E-state index contributed by atoms with van der Waals surface area (Å²) in [7, 11) is 0. The van der Waals surface area contributed by atoms with Gasteiger partial charge in [-0.3, -0.25) is 9.79 Å². The molecule has 0 aromatic heterocycles. The van der Waals surface area contributed by atoms with Crippen LogP contribution in [0.2, 0.25) is 0 Å². The van der Waals surface area contributed by atoms with Crippen LogP contribution in [0.4, 0.5) is 18.9 Å². The van der Waals surface area contributed by atoms with E-state index in [2.05, 4.69) is 41.7 Å². The molecule has 1 aliphatic heterocycles. The molecule has 2 N–H and O–H groups in total. The van der Waals surface area contributed by atoms with Gasteiger partial charge in [0, 0.05) is 18.7 Å². The number of aliphatic imine (C=N–C) groups is 1. The lowest BCUT2D eigenvalue weighted by molar-refractivity contribution is -0.138. The molecule has 0 bridgehead atoms. The first-order chi connectivity index (χ1) is 20.7. The fourth-order valence-electron chi connectivity index (χ4n) is 5.16. The van der Waals surface area contributed by atoms with Crippen LogP contribution in [0.25, 0.3) is 0 Å². The first kappa shape index (κ1) is 29.8. The Labute approximate surface area is 249 Å². The summed E-state index contributed by atoms with van der Waals surface area (Å²) in [6.45, 7) is 0.649. The molecule has 0 amide bonds. The Kier molecular flexibility index (Phi) is 9.40. The van der Waals surface area contributed by atoms with Gasteiger partial charge in [-0.25, -0.2) is 0 Å². The molecule has 0 saturated carbocycles. The van der Waals surface area contributed by atoms with Crippen LogP contribution in [-0.2, 0) is 36.8 Å². The highest BCUT2D eigenvalue weighted by atomic mass is 19.4. The molecule has 0 fully saturated rings. The molecule has 5 rings (SSSR count). The largest absolute Gasteiger partial charge is 0.481 e. The van der Waals surface area contributed by atoms with Crippen LogP contribution >= 0.6 is 0 Å². The zero-order valence-electron chi connectivity index (χ0n) is 23.6. The summed E-state index contributed by atoms with van der Waals surface area (Å²) in [6, 6.07) is 31.6. The maximum absolute atomic E-state index is 13.1. The second kappa shape index (κ2) is 13.6. The highest BCUT2D eigenvalue weighted by Crippen LogP contribution is 2.31. The Bertz CT molecular complexity index is 1580. The molecule has 0 aliphatic carbocycles. The van der Waals surface area contributed by atoms with Gasteiger partial charge in [-0.2, -0.15) is 13.2 Å². The van der Waals surface area contributed by atoms with Crippen molar-refractivity contribution in [3.63, 3.8) is 0 Å². The van der Waals surface area contributed by atoms with Crippen molar-refractivity contribution in [1.82, 2.24) is 0 Å². The molecule has 0 spiro atoms. The van der Waals surface area contributed by atoms with Crippen molar-refractivity contribution in [2.45, 2.75) is 50.9 Å². The fourth-order valence-corrected chi connectivity index (χ4v) is 5.16. The maximum Gasteiger partial charge on any atom is 0.416 e. The van der Waals surface area contributed by atoms with E-state index in [4.69, 9.17) is 10.1 Å². The summed E-state index contributed by atoms with van der Waals surface area (Å²) < 4.78 is 39.3. The van der Waals surface area contributed by atoms with Gasteiger partial charge in [-0.1, -0.05) is 78.9 Å². The average molecular weight is 583 g/mol. The summed E-state index contributed by atoms with van der Waals surface area (Å²) in [6.07, 6.45) is 0.690. The second-order valence-corrected chi connectivity index (χ2v) is 10.8. The third kappa shape index (κ3) is 8.44. The number of nitrogens with one attached hydrogen (secondary N) is 1. The number of halogens is 3. The van der Waals surface area contributed by atoms with Gasteiger partial charge in [0.25, 0.3) is 0 Å². The summed E-state index contributed by atoms with van der Waals surface area (Å²) in [5.74, 6) is -0.801. The van der Waals surface area contributed by atoms with Gasteiger partial charge in [0.2, 0.25) is 0 Å². The number of aryl methyl sites for hydroxylation is 2. The monoisotopic (exact) mass is 582 g/mol. The average Bonchev–Trinajstić information content (AvgIpc) is 3.41. The van der Waals surface area contributed by atoms with Crippen molar-refractivity contribution in [2.24, 2.45) is 4.99 Å². The zero-order chi connectivity index (χ0) is 30.2. The molecule has 0 saturated heterocycles. The van der Waals surface area contributed by atoms with Crippen LogP contribution in [0.3, 0.4) is 0 Å². The van der Waals surface area contributed by atoms with Crippen molar-refractivity contribution < 1.29 is 23.1 Å². The van der Waals surface area contributed by atoms with Gasteiger partial charge in [0.1, 0.15) is 0 Å². The van der Waals surface area contributed by atoms with Crippen LogP contribution < -0.4 is 5.32 Å². The molecule has 4 aromatic carbocycles. The van der Waals surface area contributed by atoms with Crippen molar-refractivity contribution in [3.8, 4) is 0 Å². The number of hydrogen-bond donors (Lipinski definition) is 2. The molecular formula is C36H33F3N2O2. The highest BCUT2D eigenvalue weighted by molar-refractivity contribution is 6.10. The number of carboxylic acid groups (broad SMARTS) is 1. The summed E-state index contributed by atoms with van der Waals surface area (Å²) in [5.41, 5.74) is 7.37. The molecule has 4 aromatic rings. The lowest BCUT2D eigenvalue weighted by atomic mass is 9.94. The molecule has 0 radical (unpaired) electrons. The van der Waals surface area contributed by atoms with Crippen LogP contribution in [0.5, 0.6) is 0 Å². The van der Waals surface area contributed by atoms with E-state index < -0.39 is 17.7 Å². The molecule has 1 unspecified atom stereocenters. The summed E-state index contributed by atoms with van der Waals surface area (Å²) >= 11 is 0. The Balaban J connectivity index is 1.24. The SMILES string of the molecule is O=C(O)CCc1ccc(NCc2ccc(CC3N=C(c4ccc(C(F)(F)F)cc4)C=C3CCc3ccccc3)cc2)cc1. The predicted octanol–water partition coefficient (Wildman–Crippen LogP) is 8.31. The normalized spacial score (nSPS) is 14.7. The first-order valence-electron chi connectivity index (χ1n) is 14.4. The molecule has 1 heterocycles. The summed E-state index contributed by atoms with van der Waals surface area (Å²) in [5, 5.41) is 12.3. The minimum Gasteiger partial charge on any atom is -0.481 e. The smallest absolute Gasteiger partial charge is 0.416 e. The molecule has 7 heteroatoms. The van der Waals surface area contributed by atoms with Gasteiger partial charge in [-0.05, 0) is 89.4 Å². The maximum atomic E-state index is 13.1. The van der Waals surface area contributed by atoms with Crippen molar-refractivity contribution >= 4 is 17.4 Å². The topological polar surface area (TPSA) is 61.7 Å². The third-order valence-electron chi connectivity index (χ3n) is 7.63. The van der Waals surface area contributed by atoms with Gasteiger partial charge in [-0.15, -0.1) is 0 Å². The number of aliphatic carboxylic acids is 1. The van der Waals surface area contributed by atoms with Gasteiger partial charge in [0.05, 0.1) is 17.3 Å². The predicted molar refractivity (Wildman–Crippen MR) is 164 cm³/mol. The third-order valence-corrected chi connectivity index (χ3v) is 7.63. The van der Waals surface area contributed by atoms with Gasteiger partial charge >= 0.3 is 12.1 Å². The Morgan fingerprint density at radius 1 is 0.744 bits per heavy atom. The first-order valence-corrected chi connectivity index (χ1v) is 14.4. The lowest BCUT2D eigenvalue weighted by Gasteiger charge is -2.14. The lowest BCUT2D eigenvalue weighted by Crippen LogP contribution is -2.11. The van der Waals surface area contributed by atoms with E-state index in [1.807, 2.05) is 48.5 Å². The van der Waals surface area contributed by atoms with E-state index in [1.54, 1.807) is 0 Å². The van der Waals surface area contributed by atoms with E-state index in [0.717, 1.165) is 53.1 Å². The van der Waals surface area contributed by atoms with Crippen LogP contribution in [0.15, 0.2) is 120 Å². The van der Waals surface area contributed by atoms with Crippen LogP contribution in [0.1, 0.15) is 46.2 Å². The number of hydrogen-bond acceptors (Lipinski definition) is 3. The molecule has 43 heavy (non-hydrogen) atoms. The molecule has 220 valence electrons. The number of anilines is 1. The number of carbonyl (C=O) groups is 1. The number of benzene rings is 4. The fraction of sp³-hybridized carbons (Fsp3) is 0.222. The minimum absolute atomic E-state index is 0.0791. The van der Waals surface area contributed by atoms with Crippen molar-refractivity contribution in [3.05, 3.63) is 148 Å². The van der Waals surface area contributed by atoms with Crippen molar-refractivity contribution in [1.29, 1.82) is 0 Å². The number of nitrogens with zero attached hydrogens (tertiary/aromatic N) is 1. The van der Waals surface area contributed by atoms with E-state index >= 15 is 0 Å². The van der Waals surface area contributed by atoms with E-state index in [9.17, 15) is 18.0 Å². The standard InChI is InChI=1S/C36H33F3N2O2/c37-36(38,39)31-17-15-29(16-18-31)34-23-30(14-10-25-4-2-1-3-5-25)33(41-34)22-27-6-8-28(9-7-27)24-40-32-19-11-26(12-20-32)13-21-35(42)43/h1-9,11-12,15-20,23,33,40H,10,13-14,21-22,24H2,(H,42,43). The molecular weight excluding hydrogens is 549 g/mol. The Morgan fingerprint density at radius 3 is 2.02 bits per heavy atom. The quantitative estimate of drug-likeness (QED) is 0.177. The van der Waals surface area contributed by atoms with E-state index in [1.165, 1.54) is 23.3 Å². The molecule has 1 atom stereocenters. The van der Waals surface area contributed by atoms with Crippen molar-refractivity contribution in [2.75, 3.05) is 5.32 Å². The molecule has 1 aliphatic rings. The van der Waals surface area contributed by atoms with Crippen LogP contribution in [0, 0.1) is 0 Å². The van der Waals surface area contributed by atoms with Gasteiger partial charge in [0.15, 0.2) is 0 Å². The van der Waals surface area contributed by atoms with Gasteiger partial charge < -0.3 is 10.4 Å². The molecule has 4 nitrogen and oxygen atoms in total. The second-order valence-electron chi connectivity index (χ2n) is 10.8. The van der Waals surface area contributed by atoms with Crippen LogP contribution in [-0.4, -0.2) is 22.8 Å². The number of carboxylic acids is 1. The Hall–Kier alpha value is -4.65. The summed E-state index contributed by atoms with van der Waals surface area (Å²) in [4.78, 5) is 15.7. The number of alkyl halides is 3. The van der Waals surface area contributed by atoms with E-state index in [0.29, 0.717) is 24.9 Å². The zero-order valence-corrected chi connectivity index (χ0v) is 23.6. The Morgan fingerprint density at radius 2 is 1.37 bits per heavy atom. The number of allylic oxidation sites excluding steroid dienone is 1. The highest BCUT2D eigenvalue weighted by Gasteiger charge is 2.30. The minimum atomic E-state index is -4.37. The van der Waals surface area contributed by atoms with E-state index in [-0.39, 0.29) is 12.5 Å². The number of rotatable bonds is 12.